The SMILES string of the molecule is COc1ccc2nc(Sc3nccc(C)c3Br)[nH]c2c1. The van der Waals surface area contributed by atoms with Crippen LogP contribution in [-0.2, 0) is 0 Å². The molecule has 0 amide bonds. The van der Waals surface area contributed by atoms with Crippen LogP contribution >= 0.6 is 27.7 Å². The van der Waals surface area contributed by atoms with Crippen molar-refractivity contribution in [3.63, 3.8) is 0 Å². The quantitative estimate of drug-likeness (QED) is 0.770. The van der Waals surface area contributed by atoms with Gasteiger partial charge in [0.1, 0.15) is 10.8 Å². The fourth-order valence-corrected chi connectivity index (χ4v) is 3.15. The summed E-state index contributed by atoms with van der Waals surface area (Å²) < 4.78 is 6.21. The average Bonchev–Trinajstić information content (AvgIpc) is 2.85. The number of nitrogens with zero attached hydrogens (tertiary/aromatic N) is 2. The highest BCUT2D eigenvalue weighted by atomic mass is 79.9. The Labute approximate surface area is 129 Å². The van der Waals surface area contributed by atoms with E-state index in [0.717, 1.165) is 37.0 Å². The molecule has 6 heteroatoms. The van der Waals surface area contributed by atoms with Crippen LogP contribution in [0.25, 0.3) is 11.0 Å². The summed E-state index contributed by atoms with van der Waals surface area (Å²) in [7, 11) is 1.65. The number of benzene rings is 1. The Hall–Kier alpha value is -1.53. The smallest absolute Gasteiger partial charge is 0.172 e. The third kappa shape index (κ3) is 2.53. The number of fused-ring (bicyclic) bond motifs is 1. The molecule has 0 fully saturated rings. The van der Waals surface area contributed by atoms with Gasteiger partial charge in [0.2, 0.25) is 0 Å². The van der Waals surface area contributed by atoms with E-state index < -0.39 is 0 Å². The number of H-pyrrole nitrogens is 1. The van der Waals surface area contributed by atoms with E-state index in [1.165, 1.54) is 11.8 Å². The third-order valence-electron chi connectivity index (χ3n) is 2.91. The molecule has 0 atom stereocenters. The predicted molar refractivity (Wildman–Crippen MR) is 83.4 cm³/mol. The molecule has 0 bridgehead atoms. The van der Waals surface area contributed by atoms with Crippen molar-refractivity contribution in [3.8, 4) is 5.75 Å². The van der Waals surface area contributed by atoms with Crippen molar-refractivity contribution in [2.75, 3.05) is 7.11 Å². The van der Waals surface area contributed by atoms with Crippen LogP contribution in [-0.4, -0.2) is 22.1 Å². The number of imidazole rings is 1. The van der Waals surface area contributed by atoms with Crippen LogP contribution in [0.4, 0.5) is 0 Å². The maximum absolute atomic E-state index is 5.21. The minimum atomic E-state index is 0.812. The molecule has 0 saturated carbocycles. The Morgan fingerprint density at radius 1 is 1.30 bits per heavy atom. The van der Waals surface area contributed by atoms with Gasteiger partial charge in [0.15, 0.2) is 5.16 Å². The molecule has 2 aromatic heterocycles. The highest BCUT2D eigenvalue weighted by Gasteiger charge is 2.10. The van der Waals surface area contributed by atoms with E-state index in [1.807, 2.05) is 31.2 Å². The van der Waals surface area contributed by atoms with Crippen LogP contribution in [0.2, 0.25) is 0 Å². The molecular formula is C14H12BrN3OS. The van der Waals surface area contributed by atoms with Crippen LogP contribution in [0.5, 0.6) is 5.75 Å². The Morgan fingerprint density at radius 2 is 2.15 bits per heavy atom. The number of pyridine rings is 1. The molecule has 102 valence electrons. The molecular weight excluding hydrogens is 338 g/mol. The number of ether oxygens (including phenoxy) is 1. The maximum Gasteiger partial charge on any atom is 0.172 e. The van der Waals surface area contributed by atoms with E-state index in [9.17, 15) is 0 Å². The normalized spacial score (nSPS) is 10.9. The lowest BCUT2D eigenvalue weighted by Gasteiger charge is -2.02. The topological polar surface area (TPSA) is 50.8 Å². The van der Waals surface area contributed by atoms with Gasteiger partial charge >= 0.3 is 0 Å². The van der Waals surface area contributed by atoms with Gasteiger partial charge in [0.05, 0.1) is 22.6 Å². The number of halogens is 1. The van der Waals surface area contributed by atoms with Crippen molar-refractivity contribution in [1.29, 1.82) is 0 Å². The third-order valence-corrected chi connectivity index (χ3v) is 5.06. The average molecular weight is 350 g/mol. The van der Waals surface area contributed by atoms with Crippen molar-refractivity contribution >= 4 is 38.7 Å². The molecule has 3 rings (SSSR count). The lowest BCUT2D eigenvalue weighted by molar-refractivity contribution is 0.415. The highest BCUT2D eigenvalue weighted by Crippen LogP contribution is 2.33. The standard InChI is InChI=1S/C14H12BrN3OS/c1-8-5-6-16-13(12(8)15)20-14-17-10-4-3-9(19-2)7-11(10)18-14/h3-7H,1-2H3,(H,17,18). The van der Waals surface area contributed by atoms with Crippen LogP contribution in [0.3, 0.4) is 0 Å². The number of methoxy groups -OCH3 is 1. The van der Waals surface area contributed by atoms with Crippen LogP contribution in [0, 0.1) is 6.92 Å². The van der Waals surface area contributed by atoms with E-state index in [4.69, 9.17) is 4.74 Å². The summed E-state index contributed by atoms with van der Waals surface area (Å²) in [5.74, 6) is 0.813. The van der Waals surface area contributed by atoms with Crippen molar-refractivity contribution < 1.29 is 4.74 Å². The minimum absolute atomic E-state index is 0.812. The molecule has 1 aromatic carbocycles. The Bertz CT molecular complexity index is 772. The van der Waals surface area contributed by atoms with E-state index in [-0.39, 0.29) is 0 Å². The van der Waals surface area contributed by atoms with Crippen molar-refractivity contribution in [2.24, 2.45) is 0 Å². The fraction of sp³-hybridized carbons (Fsp3) is 0.143. The number of aromatic nitrogens is 3. The van der Waals surface area contributed by atoms with Crippen molar-refractivity contribution in [1.82, 2.24) is 15.0 Å². The summed E-state index contributed by atoms with van der Waals surface area (Å²) in [6.07, 6.45) is 1.80. The van der Waals surface area contributed by atoms with Crippen molar-refractivity contribution in [2.45, 2.75) is 17.1 Å². The maximum atomic E-state index is 5.21. The molecule has 20 heavy (non-hydrogen) atoms. The number of hydrogen-bond donors (Lipinski definition) is 1. The zero-order valence-electron chi connectivity index (χ0n) is 11.0. The van der Waals surface area contributed by atoms with Crippen LogP contribution in [0.15, 0.2) is 45.1 Å². The number of aromatic amines is 1. The lowest BCUT2D eigenvalue weighted by atomic mass is 10.3. The summed E-state index contributed by atoms with van der Waals surface area (Å²) in [4.78, 5) is 12.2. The van der Waals surface area contributed by atoms with E-state index in [1.54, 1.807) is 13.3 Å². The highest BCUT2D eigenvalue weighted by molar-refractivity contribution is 9.10. The molecule has 3 aromatic rings. The molecule has 0 spiro atoms. The summed E-state index contributed by atoms with van der Waals surface area (Å²) >= 11 is 5.06. The zero-order chi connectivity index (χ0) is 14.1. The second-order valence-electron chi connectivity index (χ2n) is 4.27. The van der Waals surface area contributed by atoms with Gasteiger partial charge in [-0.15, -0.1) is 0 Å². The Morgan fingerprint density at radius 3 is 2.95 bits per heavy atom. The molecule has 0 aliphatic heterocycles. The van der Waals surface area contributed by atoms with Gasteiger partial charge in [-0.2, -0.15) is 0 Å². The molecule has 0 unspecified atom stereocenters. The molecule has 0 radical (unpaired) electrons. The van der Waals surface area contributed by atoms with Crippen molar-refractivity contribution in [3.05, 3.63) is 40.5 Å². The monoisotopic (exact) mass is 349 g/mol. The van der Waals surface area contributed by atoms with Gasteiger partial charge < -0.3 is 9.72 Å². The summed E-state index contributed by atoms with van der Waals surface area (Å²) in [5.41, 5.74) is 3.02. The molecule has 1 N–H and O–H groups in total. The first-order chi connectivity index (χ1) is 9.67. The van der Waals surface area contributed by atoms with Gasteiger partial charge in [0.25, 0.3) is 0 Å². The predicted octanol–water partition coefficient (Wildman–Crippen LogP) is 4.19. The van der Waals surface area contributed by atoms with E-state index in [2.05, 4.69) is 30.9 Å². The minimum Gasteiger partial charge on any atom is -0.497 e. The van der Waals surface area contributed by atoms with Crippen LogP contribution < -0.4 is 4.74 Å². The molecule has 0 saturated heterocycles. The zero-order valence-corrected chi connectivity index (χ0v) is 13.4. The largest absolute Gasteiger partial charge is 0.497 e. The first kappa shape index (κ1) is 13.5. The molecule has 0 aliphatic carbocycles. The summed E-state index contributed by atoms with van der Waals surface area (Å²) in [5, 5.41) is 1.71. The number of aryl methyl sites for hydroxylation is 1. The second-order valence-corrected chi connectivity index (χ2v) is 6.04. The summed E-state index contributed by atoms with van der Waals surface area (Å²) in [6.45, 7) is 2.04. The lowest BCUT2D eigenvalue weighted by Crippen LogP contribution is -1.85. The van der Waals surface area contributed by atoms with Gasteiger partial charge in [0, 0.05) is 12.3 Å². The number of rotatable bonds is 3. The van der Waals surface area contributed by atoms with Gasteiger partial charge in [-0.3, -0.25) is 0 Å². The van der Waals surface area contributed by atoms with Gasteiger partial charge in [-0.05, 0) is 58.4 Å². The first-order valence-corrected chi connectivity index (χ1v) is 7.61. The number of nitrogens with one attached hydrogen (secondary N) is 1. The van der Waals surface area contributed by atoms with Gasteiger partial charge in [-0.25, -0.2) is 9.97 Å². The summed E-state index contributed by atoms with van der Waals surface area (Å²) in [6, 6.07) is 7.74. The fourth-order valence-electron chi connectivity index (χ4n) is 1.82. The van der Waals surface area contributed by atoms with Gasteiger partial charge in [-0.1, -0.05) is 0 Å². The van der Waals surface area contributed by atoms with E-state index >= 15 is 0 Å². The van der Waals surface area contributed by atoms with Crippen LogP contribution in [0.1, 0.15) is 5.56 Å². The molecule has 2 heterocycles. The second kappa shape index (κ2) is 5.46. The molecule has 0 aliphatic rings. The number of hydrogen-bond acceptors (Lipinski definition) is 4. The Balaban J connectivity index is 1.96. The molecule has 4 nitrogen and oxygen atoms in total. The first-order valence-electron chi connectivity index (χ1n) is 6.00. The van der Waals surface area contributed by atoms with E-state index in [0.29, 0.717) is 0 Å². The Kier molecular flexibility index (Phi) is 3.67.